The maximum atomic E-state index is 12.9. The molecular weight excluding hydrogens is 621 g/mol. The average molecular weight is 638 g/mol. The molecule has 1 aromatic heterocycles. The zero-order valence-electron chi connectivity index (χ0n) is 17.7. The Bertz CT molecular complexity index is 1320. The molecule has 0 saturated heterocycles. The van der Waals surface area contributed by atoms with Crippen molar-refractivity contribution in [2.75, 3.05) is 12.1 Å². The van der Waals surface area contributed by atoms with Crippen LogP contribution >= 0.6 is 38.5 Å². The minimum absolute atomic E-state index is 0.00842. The van der Waals surface area contributed by atoms with Crippen molar-refractivity contribution in [2.24, 2.45) is 5.92 Å². The fraction of sp³-hybridized carbons (Fsp3) is 0.250. The van der Waals surface area contributed by atoms with Crippen molar-refractivity contribution in [1.82, 2.24) is 0 Å². The number of benzene rings is 1. The molecule has 2 aliphatic carbocycles. The van der Waals surface area contributed by atoms with Crippen LogP contribution in [0.4, 0.5) is 5.69 Å². The van der Waals surface area contributed by atoms with Crippen molar-refractivity contribution in [3.8, 4) is 0 Å². The number of ether oxygens (including phenoxy) is 2. The molecule has 5 rings (SSSR count). The van der Waals surface area contributed by atoms with E-state index in [0.717, 1.165) is 21.2 Å². The first-order valence-corrected chi connectivity index (χ1v) is 12.3. The summed E-state index contributed by atoms with van der Waals surface area (Å²) in [5.74, 6) is -2.80. The molecule has 8 nitrogen and oxygen atoms in total. The number of halogens is 2. The normalized spacial score (nSPS) is 22.3. The van der Waals surface area contributed by atoms with Gasteiger partial charge in [0, 0.05) is 15.4 Å². The van der Waals surface area contributed by atoms with Crippen molar-refractivity contribution in [3.05, 3.63) is 66.6 Å². The number of ketones is 2. The summed E-state index contributed by atoms with van der Waals surface area (Å²) in [5.41, 5.74) is 1.74. The van der Waals surface area contributed by atoms with Crippen LogP contribution in [0.2, 0.25) is 0 Å². The first-order valence-electron chi connectivity index (χ1n) is 10.4. The quantitative estimate of drug-likeness (QED) is 0.171. The number of anilines is 1. The molecule has 10 heteroatoms. The minimum Gasteiger partial charge on any atom is -0.460 e. The summed E-state index contributed by atoms with van der Waals surface area (Å²) in [6, 6.07) is 5.40. The van der Waals surface area contributed by atoms with E-state index in [1.807, 2.05) is 12.1 Å². The predicted octanol–water partition coefficient (Wildman–Crippen LogP) is 4.51. The molecule has 2 heterocycles. The van der Waals surface area contributed by atoms with Gasteiger partial charge in [-0.25, -0.2) is 9.59 Å². The Morgan fingerprint density at radius 1 is 1.24 bits per heavy atom. The molecule has 2 aromatic rings. The molecule has 0 saturated carbocycles. The number of esters is 2. The first-order chi connectivity index (χ1) is 16.3. The summed E-state index contributed by atoms with van der Waals surface area (Å²) in [6.07, 6.45) is 6.23. The molecule has 3 atom stereocenters. The van der Waals surface area contributed by atoms with Crippen LogP contribution in [0, 0.1) is 16.4 Å². The average Bonchev–Trinajstić information content (AvgIpc) is 3.42. The third kappa shape index (κ3) is 3.72. The summed E-state index contributed by atoms with van der Waals surface area (Å²) in [5, 5.41) is 3.30. The van der Waals surface area contributed by atoms with Crippen molar-refractivity contribution < 1.29 is 33.1 Å². The van der Waals surface area contributed by atoms with E-state index >= 15 is 0 Å². The van der Waals surface area contributed by atoms with Crippen LogP contribution in [-0.2, 0) is 19.1 Å². The van der Waals surface area contributed by atoms with Gasteiger partial charge in [-0.2, -0.15) is 0 Å². The molecule has 1 N–H and O–H groups in total. The van der Waals surface area contributed by atoms with Crippen LogP contribution in [0.3, 0.4) is 0 Å². The molecule has 0 fully saturated rings. The van der Waals surface area contributed by atoms with Crippen molar-refractivity contribution in [1.29, 1.82) is 0 Å². The van der Waals surface area contributed by atoms with Crippen LogP contribution in [0.15, 0.2) is 39.3 Å². The molecule has 1 aromatic carbocycles. The third-order valence-electron chi connectivity index (χ3n) is 6.21. The molecular formula is C24H17BrINO7. The molecule has 3 aliphatic rings. The number of rotatable bonds is 4. The highest BCUT2D eigenvalue weighted by molar-refractivity contribution is 14.1. The predicted molar refractivity (Wildman–Crippen MR) is 133 cm³/mol. The SMILES string of the molecule is Cc1oc2c(c1C(=O)OCOC(=O)C1Nc3c(I)cccc3C3C=CCC13)C(=O)C(=O)C(Br)=C2. The van der Waals surface area contributed by atoms with E-state index in [4.69, 9.17) is 13.9 Å². The molecule has 0 bridgehead atoms. The molecule has 0 spiro atoms. The number of Topliss-reactive ketones (excluding diaryl/α,β-unsaturated/α-hetero) is 2. The van der Waals surface area contributed by atoms with Crippen LogP contribution in [0.5, 0.6) is 0 Å². The lowest BCUT2D eigenvalue weighted by Gasteiger charge is -2.36. The van der Waals surface area contributed by atoms with Gasteiger partial charge < -0.3 is 19.2 Å². The first kappa shape index (κ1) is 23.0. The standard InChI is InChI=1S/C24H17BrINO7/c1-10-17(18-16(34-10)8-14(25)21(28)22(18)29)23(30)32-9-33-24(31)20-13-5-2-4-11(13)12-6-3-7-15(26)19(12)27-20/h2-4,6-8,11,13,20,27H,5,9H2,1H3. The van der Waals surface area contributed by atoms with Gasteiger partial charge in [0.25, 0.3) is 0 Å². The molecule has 1 aliphatic heterocycles. The molecule has 34 heavy (non-hydrogen) atoms. The van der Waals surface area contributed by atoms with Crippen LogP contribution in [0.1, 0.15) is 50.1 Å². The maximum absolute atomic E-state index is 12.9. The van der Waals surface area contributed by atoms with Gasteiger partial charge >= 0.3 is 11.9 Å². The highest BCUT2D eigenvalue weighted by atomic mass is 127. The van der Waals surface area contributed by atoms with E-state index in [9.17, 15) is 19.2 Å². The Balaban J connectivity index is 1.28. The highest BCUT2D eigenvalue weighted by Gasteiger charge is 2.42. The number of aryl methyl sites for hydroxylation is 1. The summed E-state index contributed by atoms with van der Waals surface area (Å²) in [4.78, 5) is 50.0. The van der Waals surface area contributed by atoms with E-state index in [0.29, 0.717) is 0 Å². The molecule has 0 amide bonds. The van der Waals surface area contributed by atoms with E-state index in [1.54, 1.807) is 0 Å². The topological polar surface area (TPSA) is 112 Å². The zero-order valence-corrected chi connectivity index (χ0v) is 21.5. The van der Waals surface area contributed by atoms with Crippen LogP contribution in [-0.4, -0.2) is 36.3 Å². The second-order valence-corrected chi connectivity index (χ2v) is 10.1. The number of furan rings is 1. The second-order valence-electron chi connectivity index (χ2n) is 8.12. The van der Waals surface area contributed by atoms with Gasteiger partial charge in [-0.05, 0) is 69.6 Å². The summed E-state index contributed by atoms with van der Waals surface area (Å²) in [7, 11) is 0. The Labute approximate surface area is 216 Å². The van der Waals surface area contributed by atoms with Crippen molar-refractivity contribution in [3.63, 3.8) is 0 Å². The van der Waals surface area contributed by atoms with E-state index in [2.05, 4.69) is 62.1 Å². The molecule has 174 valence electrons. The van der Waals surface area contributed by atoms with E-state index < -0.39 is 36.3 Å². The van der Waals surface area contributed by atoms with Gasteiger partial charge in [0.1, 0.15) is 23.1 Å². The molecule has 3 unspecified atom stereocenters. The lowest BCUT2D eigenvalue weighted by molar-refractivity contribution is -0.154. The number of para-hydroxylation sites is 1. The van der Waals surface area contributed by atoms with Crippen molar-refractivity contribution in [2.45, 2.75) is 25.3 Å². The Morgan fingerprint density at radius 3 is 2.82 bits per heavy atom. The molecule has 0 radical (unpaired) electrons. The Morgan fingerprint density at radius 2 is 2.03 bits per heavy atom. The van der Waals surface area contributed by atoms with E-state index in [1.165, 1.54) is 13.0 Å². The number of allylic oxidation sites excluding steroid dienone is 3. The Hall–Kier alpha value is -2.73. The fourth-order valence-electron chi connectivity index (χ4n) is 4.66. The van der Waals surface area contributed by atoms with Crippen molar-refractivity contribution >= 4 is 73.8 Å². The Kier molecular flexibility index (Phi) is 5.96. The number of fused-ring (bicyclic) bond motifs is 4. The lowest BCUT2D eigenvalue weighted by atomic mass is 9.79. The van der Waals surface area contributed by atoms with Gasteiger partial charge in [0.2, 0.25) is 18.4 Å². The summed E-state index contributed by atoms with van der Waals surface area (Å²) >= 11 is 5.23. The number of carbonyl (C=O) groups is 4. The second kappa shape index (κ2) is 8.81. The highest BCUT2D eigenvalue weighted by Crippen LogP contribution is 2.46. The lowest BCUT2D eigenvalue weighted by Crippen LogP contribution is -2.43. The maximum Gasteiger partial charge on any atom is 0.345 e. The van der Waals surface area contributed by atoms with Crippen LogP contribution in [0.25, 0.3) is 6.08 Å². The summed E-state index contributed by atoms with van der Waals surface area (Å²) in [6.45, 7) is 0.846. The fourth-order valence-corrected chi connectivity index (χ4v) is 5.72. The monoisotopic (exact) mass is 637 g/mol. The van der Waals surface area contributed by atoms with Gasteiger partial charge in [-0.15, -0.1) is 0 Å². The van der Waals surface area contributed by atoms with Gasteiger partial charge in [0.15, 0.2) is 0 Å². The third-order valence-corrected chi connectivity index (χ3v) is 7.70. The minimum atomic E-state index is -0.917. The van der Waals surface area contributed by atoms with Gasteiger partial charge in [-0.3, -0.25) is 9.59 Å². The summed E-state index contributed by atoms with van der Waals surface area (Å²) < 4.78 is 16.9. The number of hydrogen-bond donors (Lipinski definition) is 1. The smallest absolute Gasteiger partial charge is 0.345 e. The number of hydrogen-bond acceptors (Lipinski definition) is 8. The zero-order chi connectivity index (χ0) is 24.1. The van der Waals surface area contributed by atoms with Gasteiger partial charge in [0.05, 0.1) is 15.7 Å². The van der Waals surface area contributed by atoms with Gasteiger partial charge in [-0.1, -0.05) is 24.3 Å². The van der Waals surface area contributed by atoms with E-state index in [-0.39, 0.29) is 39.0 Å². The number of nitrogens with one attached hydrogen (secondary N) is 1. The number of carbonyl (C=O) groups excluding carboxylic acids is 4. The largest absolute Gasteiger partial charge is 0.460 e. The van der Waals surface area contributed by atoms with Crippen LogP contribution < -0.4 is 5.32 Å².